The van der Waals surface area contributed by atoms with E-state index in [2.05, 4.69) is 0 Å². The number of Topliss-reactive ketones (excluding diaryl/α,β-unsaturated/α-hetero) is 1. The summed E-state index contributed by atoms with van der Waals surface area (Å²) in [5, 5.41) is 9.07. The van der Waals surface area contributed by atoms with Gasteiger partial charge in [-0.1, -0.05) is 0 Å². The molecule has 0 aliphatic heterocycles. The van der Waals surface area contributed by atoms with Crippen LogP contribution in [0.4, 0.5) is 4.79 Å². The Bertz CT molecular complexity index is 255. The van der Waals surface area contributed by atoms with Gasteiger partial charge in [-0.05, 0) is 27.2 Å². The van der Waals surface area contributed by atoms with E-state index in [0.717, 1.165) is 0 Å². The lowest BCUT2D eigenvalue weighted by molar-refractivity contribution is -0.117. The summed E-state index contributed by atoms with van der Waals surface area (Å²) >= 11 is 0. The van der Waals surface area contributed by atoms with Crippen LogP contribution in [0.2, 0.25) is 0 Å². The van der Waals surface area contributed by atoms with Crippen LogP contribution in [0.3, 0.4) is 0 Å². The standard InChI is InChI=1S/C10H17NO3/c1-10(2,3)11(9(13)14)7-4-5-8(12)6-7/h7H,4-6H2,1-3H3,(H,13,14). The lowest BCUT2D eigenvalue weighted by Gasteiger charge is -2.37. The molecule has 1 aliphatic carbocycles. The Morgan fingerprint density at radius 3 is 2.36 bits per heavy atom. The SMILES string of the molecule is CC(C)(C)N(C(=O)O)C1CCC(=O)C1. The maximum absolute atomic E-state index is 11.1. The minimum atomic E-state index is -0.933. The zero-order valence-corrected chi connectivity index (χ0v) is 8.91. The van der Waals surface area contributed by atoms with Gasteiger partial charge in [0.2, 0.25) is 0 Å². The van der Waals surface area contributed by atoms with Gasteiger partial charge in [0.25, 0.3) is 0 Å². The van der Waals surface area contributed by atoms with Gasteiger partial charge in [-0.25, -0.2) is 4.79 Å². The van der Waals surface area contributed by atoms with E-state index >= 15 is 0 Å². The highest BCUT2D eigenvalue weighted by molar-refractivity contribution is 5.82. The van der Waals surface area contributed by atoms with Crippen LogP contribution in [0.15, 0.2) is 0 Å². The fourth-order valence-corrected chi connectivity index (χ4v) is 2.01. The molecule has 0 bridgehead atoms. The zero-order valence-electron chi connectivity index (χ0n) is 8.91. The maximum atomic E-state index is 11.1. The summed E-state index contributed by atoms with van der Waals surface area (Å²) in [7, 11) is 0. The van der Waals surface area contributed by atoms with E-state index in [9.17, 15) is 9.59 Å². The molecule has 0 heterocycles. The molecule has 1 unspecified atom stereocenters. The second-order valence-electron chi connectivity index (χ2n) is 4.76. The van der Waals surface area contributed by atoms with Crippen LogP contribution in [0.5, 0.6) is 0 Å². The van der Waals surface area contributed by atoms with Gasteiger partial charge in [0.1, 0.15) is 5.78 Å². The molecule has 0 aromatic carbocycles. The van der Waals surface area contributed by atoms with Crippen molar-refractivity contribution in [3.63, 3.8) is 0 Å². The number of amides is 1. The molecule has 14 heavy (non-hydrogen) atoms. The third-order valence-corrected chi connectivity index (χ3v) is 2.51. The maximum Gasteiger partial charge on any atom is 0.407 e. The molecular weight excluding hydrogens is 182 g/mol. The van der Waals surface area contributed by atoms with Crippen LogP contribution in [-0.4, -0.2) is 33.5 Å². The Kier molecular flexibility index (Phi) is 2.83. The third-order valence-electron chi connectivity index (χ3n) is 2.51. The molecule has 80 valence electrons. The van der Waals surface area contributed by atoms with Gasteiger partial charge in [0.15, 0.2) is 0 Å². The van der Waals surface area contributed by atoms with Crippen molar-refractivity contribution in [1.29, 1.82) is 0 Å². The van der Waals surface area contributed by atoms with Crippen molar-refractivity contribution in [1.82, 2.24) is 4.90 Å². The number of hydrogen-bond acceptors (Lipinski definition) is 2. The quantitative estimate of drug-likeness (QED) is 0.701. The second-order valence-corrected chi connectivity index (χ2v) is 4.76. The highest BCUT2D eigenvalue weighted by Crippen LogP contribution is 2.27. The van der Waals surface area contributed by atoms with E-state index in [-0.39, 0.29) is 11.8 Å². The molecule has 0 aromatic heterocycles. The van der Waals surface area contributed by atoms with Crippen molar-refractivity contribution in [2.24, 2.45) is 0 Å². The number of hydrogen-bond donors (Lipinski definition) is 1. The van der Waals surface area contributed by atoms with Crippen LogP contribution < -0.4 is 0 Å². The van der Waals surface area contributed by atoms with Crippen LogP contribution in [-0.2, 0) is 4.79 Å². The Balaban J connectivity index is 2.79. The zero-order chi connectivity index (χ0) is 10.9. The van der Waals surface area contributed by atoms with Crippen molar-refractivity contribution in [3.8, 4) is 0 Å². The molecule has 1 aliphatic rings. The minimum absolute atomic E-state index is 0.125. The summed E-state index contributed by atoms with van der Waals surface area (Å²) in [5.74, 6) is 0.172. The molecule has 1 saturated carbocycles. The highest BCUT2D eigenvalue weighted by atomic mass is 16.4. The third kappa shape index (κ3) is 2.25. The van der Waals surface area contributed by atoms with Gasteiger partial charge in [-0.15, -0.1) is 0 Å². The predicted molar refractivity (Wildman–Crippen MR) is 52.3 cm³/mol. The summed E-state index contributed by atoms with van der Waals surface area (Å²) in [6.45, 7) is 5.55. The molecule has 1 rings (SSSR count). The Morgan fingerprint density at radius 2 is 2.07 bits per heavy atom. The van der Waals surface area contributed by atoms with Gasteiger partial charge in [0.05, 0.1) is 0 Å². The summed E-state index contributed by atoms with van der Waals surface area (Å²) in [5.41, 5.74) is -0.429. The van der Waals surface area contributed by atoms with E-state index in [1.165, 1.54) is 4.90 Å². The first kappa shape index (κ1) is 11.0. The summed E-state index contributed by atoms with van der Waals surface area (Å²) < 4.78 is 0. The molecule has 0 aromatic rings. The van der Waals surface area contributed by atoms with Crippen molar-refractivity contribution in [3.05, 3.63) is 0 Å². The first-order valence-electron chi connectivity index (χ1n) is 4.86. The van der Waals surface area contributed by atoms with Gasteiger partial charge in [-0.2, -0.15) is 0 Å². The fourth-order valence-electron chi connectivity index (χ4n) is 2.01. The van der Waals surface area contributed by atoms with Gasteiger partial charge in [0, 0.05) is 24.4 Å². The Labute approximate surface area is 83.9 Å². The number of ketones is 1. The number of carbonyl (C=O) groups excluding carboxylic acids is 1. The molecule has 4 nitrogen and oxygen atoms in total. The second kappa shape index (κ2) is 3.59. The first-order chi connectivity index (χ1) is 6.32. The van der Waals surface area contributed by atoms with Crippen LogP contribution >= 0.6 is 0 Å². The molecule has 0 radical (unpaired) electrons. The molecule has 1 fully saturated rings. The van der Waals surface area contributed by atoms with E-state index in [0.29, 0.717) is 19.3 Å². The Morgan fingerprint density at radius 1 is 1.50 bits per heavy atom. The molecule has 1 atom stereocenters. The monoisotopic (exact) mass is 199 g/mol. The number of carbonyl (C=O) groups is 2. The van der Waals surface area contributed by atoms with Gasteiger partial charge >= 0.3 is 6.09 Å². The van der Waals surface area contributed by atoms with E-state index in [4.69, 9.17) is 5.11 Å². The highest BCUT2D eigenvalue weighted by Gasteiger charge is 2.37. The van der Waals surface area contributed by atoms with E-state index in [1.807, 2.05) is 20.8 Å². The lowest BCUT2D eigenvalue weighted by Crippen LogP contribution is -2.50. The number of rotatable bonds is 1. The summed E-state index contributed by atoms with van der Waals surface area (Å²) in [6, 6.07) is -0.125. The minimum Gasteiger partial charge on any atom is -0.465 e. The van der Waals surface area contributed by atoms with Crippen molar-refractivity contribution >= 4 is 11.9 Å². The number of carboxylic acid groups (broad SMARTS) is 1. The van der Waals surface area contributed by atoms with Crippen molar-refractivity contribution in [2.75, 3.05) is 0 Å². The fraction of sp³-hybridized carbons (Fsp3) is 0.800. The average molecular weight is 199 g/mol. The summed E-state index contributed by atoms with van der Waals surface area (Å²) in [6.07, 6.45) is 0.633. The molecular formula is C10H17NO3. The lowest BCUT2D eigenvalue weighted by atomic mass is 10.0. The molecule has 1 N–H and O–H groups in total. The van der Waals surface area contributed by atoms with Crippen LogP contribution in [0, 0.1) is 0 Å². The largest absolute Gasteiger partial charge is 0.465 e. The average Bonchev–Trinajstić information content (AvgIpc) is 2.31. The smallest absolute Gasteiger partial charge is 0.407 e. The van der Waals surface area contributed by atoms with Gasteiger partial charge < -0.3 is 10.0 Å². The summed E-state index contributed by atoms with van der Waals surface area (Å²) in [4.78, 5) is 23.5. The van der Waals surface area contributed by atoms with E-state index in [1.54, 1.807) is 0 Å². The molecule has 1 amide bonds. The Hall–Kier alpha value is -1.06. The normalized spacial score (nSPS) is 22.5. The van der Waals surface area contributed by atoms with E-state index < -0.39 is 11.6 Å². The van der Waals surface area contributed by atoms with Crippen LogP contribution in [0.25, 0.3) is 0 Å². The first-order valence-corrected chi connectivity index (χ1v) is 4.86. The van der Waals surface area contributed by atoms with Crippen molar-refractivity contribution < 1.29 is 14.7 Å². The number of nitrogens with zero attached hydrogens (tertiary/aromatic N) is 1. The molecule has 0 spiro atoms. The molecule has 4 heteroatoms. The molecule has 0 saturated heterocycles. The van der Waals surface area contributed by atoms with Crippen LogP contribution in [0.1, 0.15) is 40.0 Å². The topological polar surface area (TPSA) is 57.6 Å². The predicted octanol–water partition coefficient (Wildman–Crippen LogP) is 1.89. The van der Waals surface area contributed by atoms with Gasteiger partial charge in [-0.3, -0.25) is 4.79 Å². The van der Waals surface area contributed by atoms with Crippen molar-refractivity contribution in [2.45, 2.75) is 51.6 Å².